The molecule has 0 amide bonds. The molecule has 0 unspecified atom stereocenters. The van der Waals surface area contributed by atoms with E-state index < -0.39 is 0 Å². The van der Waals surface area contributed by atoms with Crippen LogP contribution in [0.1, 0.15) is 28.8 Å². The highest BCUT2D eigenvalue weighted by atomic mass is 35.5. The molecule has 2 rings (SSSR count). The molecule has 1 aromatic rings. The van der Waals surface area contributed by atoms with E-state index in [-0.39, 0.29) is 22.5 Å². The minimum absolute atomic E-state index is 0.00130. The number of ether oxygens (including phenoxy) is 1. The molecule has 0 atom stereocenters. The summed E-state index contributed by atoms with van der Waals surface area (Å²) in [6.45, 7) is 2.84. The number of benzene rings is 1. The quantitative estimate of drug-likeness (QED) is 0.758. The van der Waals surface area contributed by atoms with Crippen LogP contribution in [0, 0.1) is 18.7 Å². The van der Waals surface area contributed by atoms with Crippen molar-refractivity contribution < 1.29 is 13.9 Å². The number of rotatable bonds is 2. The summed E-state index contributed by atoms with van der Waals surface area (Å²) in [7, 11) is 0. The van der Waals surface area contributed by atoms with Crippen molar-refractivity contribution >= 4 is 17.4 Å². The summed E-state index contributed by atoms with van der Waals surface area (Å²) in [5.41, 5.74) is 0.877. The maximum absolute atomic E-state index is 13.2. The first-order valence-corrected chi connectivity index (χ1v) is 6.05. The molecule has 2 nitrogen and oxygen atoms in total. The molecule has 1 aliphatic heterocycles. The molecule has 4 heteroatoms. The zero-order chi connectivity index (χ0) is 12.4. The minimum Gasteiger partial charge on any atom is -0.381 e. The lowest BCUT2D eigenvalue weighted by Crippen LogP contribution is -2.23. The van der Waals surface area contributed by atoms with E-state index in [9.17, 15) is 9.18 Å². The van der Waals surface area contributed by atoms with Crippen molar-refractivity contribution in [3.05, 3.63) is 34.1 Å². The molecule has 1 aliphatic rings. The fourth-order valence-electron chi connectivity index (χ4n) is 2.03. The van der Waals surface area contributed by atoms with Crippen LogP contribution in [0.25, 0.3) is 0 Å². The Kier molecular flexibility index (Phi) is 3.79. The van der Waals surface area contributed by atoms with Gasteiger partial charge in [-0.15, -0.1) is 0 Å². The lowest BCUT2D eigenvalue weighted by Gasteiger charge is -2.21. The number of hydrogen-bond acceptors (Lipinski definition) is 2. The van der Waals surface area contributed by atoms with Crippen molar-refractivity contribution in [2.75, 3.05) is 13.2 Å². The Hall–Kier alpha value is -0.930. The normalized spacial score (nSPS) is 17.1. The smallest absolute Gasteiger partial charge is 0.167 e. The van der Waals surface area contributed by atoms with E-state index in [1.54, 1.807) is 6.92 Å². The highest BCUT2D eigenvalue weighted by molar-refractivity contribution is 6.34. The third-order valence-corrected chi connectivity index (χ3v) is 3.42. The van der Waals surface area contributed by atoms with Crippen LogP contribution in [0.5, 0.6) is 0 Å². The average Bonchev–Trinajstić information content (AvgIpc) is 2.34. The van der Waals surface area contributed by atoms with Crippen molar-refractivity contribution in [2.45, 2.75) is 19.8 Å². The topological polar surface area (TPSA) is 26.3 Å². The van der Waals surface area contributed by atoms with E-state index >= 15 is 0 Å². The Morgan fingerprint density at radius 3 is 2.71 bits per heavy atom. The predicted octanol–water partition coefficient (Wildman–Crippen LogP) is 3.40. The Morgan fingerprint density at radius 2 is 2.06 bits per heavy atom. The van der Waals surface area contributed by atoms with Gasteiger partial charge in [-0.05, 0) is 37.5 Å². The number of ketones is 1. The highest BCUT2D eigenvalue weighted by Crippen LogP contribution is 2.26. The second kappa shape index (κ2) is 5.15. The summed E-state index contributed by atoms with van der Waals surface area (Å²) < 4.78 is 18.5. The molecule has 0 saturated carbocycles. The van der Waals surface area contributed by atoms with Crippen LogP contribution in [0.4, 0.5) is 4.39 Å². The van der Waals surface area contributed by atoms with Gasteiger partial charge in [0.2, 0.25) is 0 Å². The third kappa shape index (κ3) is 2.67. The van der Waals surface area contributed by atoms with Crippen LogP contribution in [-0.2, 0) is 4.74 Å². The molecule has 1 aromatic carbocycles. The standard InChI is InChI=1S/C13H14ClFO2/c1-8-6-10(11(14)7-12(8)15)13(16)9-2-4-17-5-3-9/h6-7,9H,2-5H2,1H3. The monoisotopic (exact) mass is 256 g/mol. The van der Waals surface area contributed by atoms with Crippen molar-refractivity contribution in [3.63, 3.8) is 0 Å². The lowest BCUT2D eigenvalue weighted by atomic mass is 9.90. The van der Waals surface area contributed by atoms with Gasteiger partial charge in [-0.1, -0.05) is 11.6 Å². The van der Waals surface area contributed by atoms with Crippen molar-refractivity contribution in [3.8, 4) is 0 Å². The van der Waals surface area contributed by atoms with Gasteiger partial charge in [0.1, 0.15) is 5.82 Å². The van der Waals surface area contributed by atoms with Gasteiger partial charge in [0, 0.05) is 24.7 Å². The van der Waals surface area contributed by atoms with E-state index in [2.05, 4.69) is 0 Å². The summed E-state index contributed by atoms with van der Waals surface area (Å²) in [4.78, 5) is 12.2. The van der Waals surface area contributed by atoms with Gasteiger partial charge in [-0.2, -0.15) is 0 Å². The van der Waals surface area contributed by atoms with Gasteiger partial charge in [0.05, 0.1) is 5.02 Å². The Labute approximate surface area is 105 Å². The van der Waals surface area contributed by atoms with Crippen molar-refractivity contribution in [1.29, 1.82) is 0 Å². The molecule has 17 heavy (non-hydrogen) atoms. The number of carbonyl (C=O) groups is 1. The van der Waals surface area contributed by atoms with Gasteiger partial charge >= 0.3 is 0 Å². The SMILES string of the molecule is Cc1cc(C(=O)C2CCOCC2)c(Cl)cc1F. The van der Waals surface area contributed by atoms with Gasteiger partial charge in [0.15, 0.2) is 5.78 Å². The molecular formula is C13H14ClFO2. The maximum atomic E-state index is 13.2. The zero-order valence-corrected chi connectivity index (χ0v) is 10.4. The first-order chi connectivity index (χ1) is 8.09. The van der Waals surface area contributed by atoms with E-state index in [0.717, 1.165) is 0 Å². The number of hydrogen-bond donors (Lipinski definition) is 0. The van der Waals surface area contributed by atoms with Crippen LogP contribution in [0.2, 0.25) is 5.02 Å². The first-order valence-electron chi connectivity index (χ1n) is 5.67. The lowest BCUT2D eigenvalue weighted by molar-refractivity contribution is 0.0545. The van der Waals surface area contributed by atoms with E-state index in [1.807, 2.05) is 0 Å². The zero-order valence-electron chi connectivity index (χ0n) is 9.63. The second-order valence-corrected chi connectivity index (χ2v) is 4.74. The van der Waals surface area contributed by atoms with Gasteiger partial charge in [0.25, 0.3) is 0 Å². The summed E-state index contributed by atoms with van der Waals surface area (Å²) in [5.74, 6) is -0.425. The molecule has 0 bridgehead atoms. The van der Waals surface area contributed by atoms with Crippen LogP contribution < -0.4 is 0 Å². The number of halogens is 2. The molecule has 0 aromatic heterocycles. The van der Waals surface area contributed by atoms with Crippen LogP contribution >= 0.6 is 11.6 Å². The van der Waals surface area contributed by atoms with Crippen molar-refractivity contribution in [1.82, 2.24) is 0 Å². The minimum atomic E-state index is -0.376. The fourth-order valence-corrected chi connectivity index (χ4v) is 2.27. The Balaban J connectivity index is 2.26. The predicted molar refractivity (Wildman–Crippen MR) is 64.0 cm³/mol. The summed E-state index contributed by atoms with van der Waals surface area (Å²) in [6, 6.07) is 2.75. The van der Waals surface area contributed by atoms with Crippen molar-refractivity contribution in [2.24, 2.45) is 5.92 Å². The highest BCUT2D eigenvalue weighted by Gasteiger charge is 2.25. The van der Waals surface area contributed by atoms with Gasteiger partial charge in [-0.3, -0.25) is 4.79 Å². The molecule has 92 valence electrons. The van der Waals surface area contributed by atoms with E-state index in [4.69, 9.17) is 16.3 Å². The fraction of sp³-hybridized carbons (Fsp3) is 0.462. The molecule has 0 aliphatic carbocycles. The molecule has 0 spiro atoms. The molecule has 0 N–H and O–H groups in total. The summed E-state index contributed by atoms with van der Waals surface area (Å²) >= 11 is 5.92. The van der Waals surface area contributed by atoms with Gasteiger partial charge in [-0.25, -0.2) is 4.39 Å². The average molecular weight is 257 g/mol. The largest absolute Gasteiger partial charge is 0.381 e. The Morgan fingerprint density at radius 1 is 1.41 bits per heavy atom. The summed E-state index contributed by atoms with van der Waals surface area (Å²) in [5, 5.41) is 0.199. The number of Topliss-reactive ketones (excluding diaryl/α,β-unsaturated/α-hetero) is 1. The molecule has 1 heterocycles. The number of carbonyl (C=O) groups excluding carboxylic acids is 1. The molecule has 0 radical (unpaired) electrons. The van der Waals surface area contributed by atoms with E-state index in [0.29, 0.717) is 37.2 Å². The third-order valence-electron chi connectivity index (χ3n) is 3.11. The van der Waals surface area contributed by atoms with Crippen LogP contribution in [0.3, 0.4) is 0 Å². The second-order valence-electron chi connectivity index (χ2n) is 4.33. The van der Waals surface area contributed by atoms with Gasteiger partial charge < -0.3 is 4.74 Å². The molecule has 1 fully saturated rings. The van der Waals surface area contributed by atoms with Crippen LogP contribution in [-0.4, -0.2) is 19.0 Å². The first kappa shape index (κ1) is 12.5. The Bertz CT molecular complexity index is 439. The van der Waals surface area contributed by atoms with Crippen LogP contribution in [0.15, 0.2) is 12.1 Å². The summed E-state index contributed by atoms with van der Waals surface area (Å²) in [6.07, 6.45) is 1.43. The molecule has 1 saturated heterocycles. The van der Waals surface area contributed by atoms with E-state index in [1.165, 1.54) is 12.1 Å². The number of aryl methyl sites for hydroxylation is 1. The maximum Gasteiger partial charge on any atom is 0.167 e. The molecular weight excluding hydrogens is 243 g/mol.